The SMILES string of the molecule is OCCNCCOCCOCCNCCN1CCCC1. The molecule has 20 heavy (non-hydrogen) atoms. The molecule has 1 aliphatic rings. The van der Waals surface area contributed by atoms with Gasteiger partial charge in [-0.3, -0.25) is 0 Å². The Morgan fingerprint density at radius 1 is 0.800 bits per heavy atom. The first-order valence-corrected chi connectivity index (χ1v) is 7.83. The predicted molar refractivity (Wildman–Crippen MR) is 80.1 cm³/mol. The molecule has 1 heterocycles. The molecular weight excluding hydrogens is 258 g/mol. The second-order valence-electron chi connectivity index (χ2n) is 5.00. The first-order valence-electron chi connectivity index (χ1n) is 7.83. The summed E-state index contributed by atoms with van der Waals surface area (Å²) >= 11 is 0. The van der Waals surface area contributed by atoms with Crippen LogP contribution in [0.15, 0.2) is 0 Å². The van der Waals surface area contributed by atoms with Crippen LogP contribution in [0.2, 0.25) is 0 Å². The molecule has 0 atom stereocenters. The smallest absolute Gasteiger partial charge is 0.0701 e. The Balaban J connectivity index is 1.66. The molecule has 0 unspecified atom stereocenters. The third-order valence-electron chi connectivity index (χ3n) is 3.31. The Morgan fingerprint density at radius 3 is 2.00 bits per heavy atom. The summed E-state index contributed by atoms with van der Waals surface area (Å²) in [4.78, 5) is 2.51. The molecule has 120 valence electrons. The zero-order valence-corrected chi connectivity index (χ0v) is 12.6. The molecule has 0 aliphatic carbocycles. The van der Waals surface area contributed by atoms with Crippen molar-refractivity contribution in [1.82, 2.24) is 15.5 Å². The lowest BCUT2D eigenvalue weighted by Crippen LogP contribution is -2.31. The fourth-order valence-electron chi connectivity index (χ4n) is 2.18. The molecular formula is C14H31N3O3. The Kier molecular flexibility index (Phi) is 12.2. The molecule has 1 saturated heterocycles. The average molecular weight is 289 g/mol. The van der Waals surface area contributed by atoms with Crippen molar-refractivity contribution >= 4 is 0 Å². The van der Waals surface area contributed by atoms with E-state index in [1.807, 2.05) is 0 Å². The number of hydrogen-bond acceptors (Lipinski definition) is 6. The lowest BCUT2D eigenvalue weighted by molar-refractivity contribution is 0.0496. The zero-order valence-electron chi connectivity index (χ0n) is 12.6. The van der Waals surface area contributed by atoms with Crippen molar-refractivity contribution in [2.75, 3.05) is 78.8 Å². The molecule has 0 aromatic heterocycles. The van der Waals surface area contributed by atoms with Crippen LogP contribution in [-0.2, 0) is 9.47 Å². The highest BCUT2D eigenvalue weighted by atomic mass is 16.5. The van der Waals surface area contributed by atoms with Crippen LogP contribution in [-0.4, -0.2) is 88.9 Å². The minimum absolute atomic E-state index is 0.174. The summed E-state index contributed by atoms with van der Waals surface area (Å²) in [5, 5.41) is 15.0. The van der Waals surface area contributed by atoms with Crippen LogP contribution in [0.5, 0.6) is 0 Å². The van der Waals surface area contributed by atoms with Crippen molar-refractivity contribution < 1.29 is 14.6 Å². The number of nitrogens with one attached hydrogen (secondary N) is 2. The molecule has 1 fully saturated rings. The van der Waals surface area contributed by atoms with E-state index in [0.717, 1.165) is 32.8 Å². The third kappa shape index (κ3) is 10.5. The molecule has 3 N–H and O–H groups in total. The van der Waals surface area contributed by atoms with Gasteiger partial charge in [0.05, 0.1) is 33.0 Å². The quantitative estimate of drug-likeness (QED) is 0.367. The van der Waals surface area contributed by atoms with Crippen molar-refractivity contribution in [1.29, 1.82) is 0 Å². The molecule has 0 radical (unpaired) electrons. The average Bonchev–Trinajstić information content (AvgIpc) is 2.97. The fourth-order valence-corrected chi connectivity index (χ4v) is 2.18. The molecule has 6 heteroatoms. The van der Waals surface area contributed by atoms with Gasteiger partial charge in [0.25, 0.3) is 0 Å². The minimum atomic E-state index is 0.174. The highest BCUT2D eigenvalue weighted by Gasteiger charge is 2.09. The number of rotatable bonds is 14. The van der Waals surface area contributed by atoms with Gasteiger partial charge in [-0.2, -0.15) is 0 Å². The number of nitrogens with zero attached hydrogens (tertiary/aromatic N) is 1. The second-order valence-corrected chi connectivity index (χ2v) is 5.00. The number of aliphatic hydroxyl groups is 1. The summed E-state index contributed by atoms with van der Waals surface area (Å²) in [5.74, 6) is 0. The van der Waals surface area contributed by atoms with Gasteiger partial charge in [-0.1, -0.05) is 0 Å². The maximum absolute atomic E-state index is 8.56. The second kappa shape index (κ2) is 13.7. The standard InChI is InChI=1S/C14H31N3O3/c18-10-4-16-6-12-20-14-13-19-11-5-15-3-9-17-7-1-2-8-17/h15-16,18H,1-14H2. The van der Waals surface area contributed by atoms with Crippen LogP contribution >= 0.6 is 0 Å². The van der Waals surface area contributed by atoms with Gasteiger partial charge < -0.3 is 30.1 Å². The molecule has 0 aromatic carbocycles. The highest BCUT2D eigenvalue weighted by molar-refractivity contribution is 4.66. The van der Waals surface area contributed by atoms with E-state index in [1.54, 1.807) is 0 Å². The summed E-state index contributed by atoms with van der Waals surface area (Å²) < 4.78 is 10.9. The Hall–Kier alpha value is -0.240. The van der Waals surface area contributed by atoms with Gasteiger partial charge in [-0.25, -0.2) is 0 Å². The minimum Gasteiger partial charge on any atom is -0.395 e. The fraction of sp³-hybridized carbons (Fsp3) is 1.00. The first-order chi connectivity index (χ1) is 9.93. The van der Waals surface area contributed by atoms with Crippen LogP contribution in [0.1, 0.15) is 12.8 Å². The van der Waals surface area contributed by atoms with Crippen molar-refractivity contribution in [3.63, 3.8) is 0 Å². The predicted octanol–water partition coefficient (Wildman–Crippen LogP) is -0.713. The van der Waals surface area contributed by atoms with Crippen LogP contribution < -0.4 is 10.6 Å². The Labute approximate surface area is 122 Å². The molecule has 0 amide bonds. The van der Waals surface area contributed by atoms with Crippen molar-refractivity contribution in [2.45, 2.75) is 12.8 Å². The summed E-state index contributed by atoms with van der Waals surface area (Å²) in [6, 6.07) is 0. The van der Waals surface area contributed by atoms with E-state index in [2.05, 4.69) is 15.5 Å². The van der Waals surface area contributed by atoms with E-state index in [0.29, 0.717) is 26.4 Å². The molecule has 0 spiro atoms. The molecule has 6 nitrogen and oxygen atoms in total. The van der Waals surface area contributed by atoms with Gasteiger partial charge in [-0.05, 0) is 25.9 Å². The molecule has 1 rings (SSSR count). The van der Waals surface area contributed by atoms with Gasteiger partial charge in [-0.15, -0.1) is 0 Å². The van der Waals surface area contributed by atoms with Crippen LogP contribution in [0.25, 0.3) is 0 Å². The van der Waals surface area contributed by atoms with E-state index in [4.69, 9.17) is 14.6 Å². The van der Waals surface area contributed by atoms with Crippen LogP contribution in [0, 0.1) is 0 Å². The first kappa shape index (κ1) is 17.8. The lowest BCUT2D eigenvalue weighted by Gasteiger charge is -2.14. The molecule has 0 aromatic rings. The van der Waals surface area contributed by atoms with E-state index in [-0.39, 0.29) is 6.61 Å². The van der Waals surface area contributed by atoms with Crippen LogP contribution in [0.4, 0.5) is 0 Å². The van der Waals surface area contributed by atoms with Crippen molar-refractivity contribution in [3.05, 3.63) is 0 Å². The van der Waals surface area contributed by atoms with Gasteiger partial charge in [0.15, 0.2) is 0 Å². The Bertz CT molecular complexity index is 202. The maximum atomic E-state index is 8.56. The topological polar surface area (TPSA) is 66.0 Å². The van der Waals surface area contributed by atoms with Gasteiger partial charge in [0.2, 0.25) is 0 Å². The van der Waals surface area contributed by atoms with Gasteiger partial charge in [0.1, 0.15) is 0 Å². The van der Waals surface area contributed by atoms with Crippen molar-refractivity contribution in [2.24, 2.45) is 0 Å². The molecule has 1 aliphatic heterocycles. The summed E-state index contributed by atoms with van der Waals surface area (Å²) in [5.41, 5.74) is 0. The summed E-state index contributed by atoms with van der Waals surface area (Å²) in [7, 11) is 0. The van der Waals surface area contributed by atoms with E-state index in [1.165, 1.54) is 25.9 Å². The normalized spacial score (nSPS) is 16.1. The third-order valence-corrected chi connectivity index (χ3v) is 3.31. The highest BCUT2D eigenvalue weighted by Crippen LogP contribution is 2.05. The van der Waals surface area contributed by atoms with E-state index in [9.17, 15) is 0 Å². The monoisotopic (exact) mass is 289 g/mol. The number of hydrogen-bond donors (Lipinski definition) is 3. The number of ether oxygens (including phenoxy) is 2. The van der Waals surface area contributed by atoms with E-state index >= 15 is 0 Å². The maximum Gasteiger partial charge on any atom is 0.0701 e. The van der Waals surface area contributed by atoms with Gasteiger partial charge >= 0.3 is 0 Å². The van der Waals surface area contributed by atoms with Gasteiger partial charge in [0, 0.05) is 32.7 Å². The molecule has 0 bridgehead atoms. The largest absolute Gasteiger partial charge is 0.395 e. The summed E-state index contributed by atoms with van der Waals surface area (Å²) in [6.07, 6.45) is 2.72. The van der Waals surface area contributed by atoms with Crippen molar-refractivity contribution in [3.8, 4) is 0 Å². The molecule has 0 saturated carbocycles. The lowest BCUT2D eigenvalue weighted by atomic mass is 10.4. The summed E-state index contributed by atoms with van der Waals surface area (Å²) in [6.45, 7) is 9.92. The Morgan fingerprint density at radius 2 is 1.40 bits per heavy atom. The van der Waals surface area contributed by atoms with E-state index < -0.39 is 0 Å². The number of aliphatic hydroxyl groups excluding tert-OH is 1. The zero-order chi connectivity index (χ0) is 14.3. The van der Waals surface area contributed by atoms with Crippen LogP contribution in [0.3, 0.4) is 0 Å². The number of likely N-dealkylation sites (tertiary alicyclic amines) is 1.